The zero-order valence-corrected chi connectivity index (χ0v) is 10.7. The highest BCUT2D eigenvalue weighted by Crippen LogP contribution is 2.28. The van der Waals surface area contributed by atoms with Crippen molar-refractivity contribution in [1.29, 1.82) is 0 Å². The molecule has 0 aliphatic heterocycles. The number of para-hydroxylation sites is 1. The second kappa shape index (κ2) is 5.87. The fraction of sp³-hybridized carbons (Fsp3) is 0.500. The third-order valence-corrected chi connectivity index (χ3v) is 3.24. The van der Waals surface area contributed by atoms with Crippen LogP contribution in [-0.4, -0.2) is 24.7 Å². The molecule has 0 atom stereocenters. The summed E-state index contributed by atoms with van der Waals surface area (Å²) in [5, 5.41) is 3.45. The molecule has 0 bridgehead atoms. The fourth-order valence-electron chi connectivity index (χ4n) is 2.28. The number of carbonyl (C=O) groups excluding carboxylic acids is 1. The van der Waals surface area contributed by atoms with Gasteiger partial charge in [0.05, 0.1) is 12.5 Å². The molecule has 18 heavy (non-hydrogen) atoms. The Morgan fingerprint density at radius 1 is 1.44 bits per heavy atom. The number of hydrogen-bond acceptors (Lipinski definition) is 3. The quantitative estimate of drug-likeness (QED) is 0.805. The van der Waals surface area contributed by atoms with Gasteiger partial charge in [0, 0.05) is 18.3 Å². The summed E-state index contributed by atoms with van der Waals surface area (Å²) < 4.78 is 5.53. The van der Waals surface area contributed by atoms with Crippen LogP contribution in [-0.2, 0) is 16.0 Å². The van der Waals surface area contributed by atoms with Crippen LogP contribution in [0.5, 0.6) is 0 Å². The average molecular weight is 248 g/mol. The summed E-state index contributed by atoms with van der Waals surface area (Å²) >= 11 is 0. The molecule has 2 rings (SSSR count). The van der Waals surface area contributed by atoms with Crippen molar-refractivity contribution < 1.29 is 9.53 Å². The molecular weight excluding hydrogens is 228 g/mol. The molecule has 98 valence electrons. The molecule has 3 N–H and O–H groups in total. The summed E-state index contributed by atoms with van der Waals surface area (Å²) in [5.74, 6) is -0.301. The Bertz CT molecular complexity index is 414. The molecule has 4 nitrogen and oxygen atoms in total. The predicted molar refractivity (Wildman–Crippen MR) is 71.4 cm³/mol. The smallest absolute Gasteiger partial charge is 0.221 e. The van der Waals surface area contributed by atoms with Gasteiger partial charge in [-0.2, -0.15) is 0 Å². The average Bonchev–Trinajstić information content (AvgIpc) is 2.28. The van der Waals surface area contributed by atoms with Crippen LogP contribution in [0.15, 0.2) is 24.3 Å². The van der Waals surface area contributed by atoms with Gasteiger partial charge in [0.2, 0.25) is 5.91 Å². The third-order valence-electron chi connectivity index (χ3n) is 3.24. The van der Waals surface area contributed by atoms with E-state index in [2.05, 4.69) is 5.32 Å². The highest BCUT2D eigenvalue weighted by atomic mass is 16.5. The first-order valence-corrected chi connectivity index (χ1v) is 6.43. The predicted octanol–water partition coefficient (Wildman–Crippen LogP) is 1.69. The minimum absolute atomic E-state index is 0.283. The maximum Gasteiger partial charge on any atom is 0.221 e. The summed E-state index contributed by atoms with van der Waals surface area (Å²) in [5.41, 5.74) is 7.22. The SMILES string of the molecule is CCOC1CC(Nc2ccccc2CC(N)=O)C1. The molecule has 0 saturated heterocycles. The number of rotatable bonds is 6. The molecule has 1 saturated carbocycles. The van der Waals surface area contributed by atoms with Gasteiger partial charge in [-0.05, 0) is 31.4 Å². The Hall–Kier alpha value is -1.55. The van der Waals surface area contributed by atoms with Gasteiger partial charge < -0.3 is 15.8 Å². The van der Waals surface area contributed by atoms with Crippen LogP contribution in [0.1, 0.15) is 25.3 Å². The summed E-state index contributed by atoms with van der Waals surface area (Å²) in [7, 11) is 0. The maximum absolute atomic E-state index is 11.0. The molecule has 1 aliphatic rings. The number of amides is 1. The van der Waals surface area contributed by atoms with Gasteiger partial charge in [-0.1, -0.05) is 18.2 Å². The van der Waals surface area contributed by atoms with E-state index in [1.165, 1.54) is 0 Å². The Morgan fingerprint density at radius 2 is 2.17 bits per heavy atom. The van der Waals surface area contributed by atoms with Gasteiger partial charge in [0.1, 0.15) is 0 Å². The lowest BCUT2D eigenvalue weighted by atomic mass is 9.88. The third kappa shape index (κ3) is 3.23. The molecule has 0 spiro atoms. The minimum atomic E-state index is -0.301. The van der Waals surface area contributed by atoms with E-state index in [-0.39, 0.29) is 12.3 Å². The van der Waals surface area contributed by atoms with Crippen LogP contribution >= 0.6 is 0 Å². The Labute approximate surface area is 108 Å². The lowest BCUT2D eigenvalue weighted by Crippen LogP contribution is -2.41. The lowest BCUT2D eigenvalue weighted by Gasteiger charge is -2.36. The molecule has 0 aromatic heterocycles. The van der Waals surface area contributed by atoms with Gasteiger partial charge in [-0.15, -0.1) is 0 Å². The molecule has 1 aromatic rings. The zero-order chi connectivity index (χ0) is 13.0. The Morgan fingerprint density at radius 3 is 2.83 bits per heavy atom. The summed E-state index contributed by atoms with van der Waals surface area (Å²) in [6.45, 7) is 2.79. The van der Waals surface area contributed by atoms with Crippen molar-refractivity contribution in [2.45, 2.75) is 38.3 Å². The summed E-state index contributed by atoms with van der Waals surface area (Å²) in [4.78, 5) is 11.0. The largest absolute Gasteiger partial charge is 0.382 e. The van der Waals surface area contributed by atoms with Gasteiger partial charge in [0.15, 0.2) is 0 Å². The standard InChI is InChI=1S/C14H20N2O2/c1-2-18-12-8-11(9-12)16-13-6-4-3-5-10(13)7-14(15)17/h3-6,11-12,16H,2,7-9H2,1H3,(H2,15,17). The first-order valence-electron chi connectivity index (χ1n) is 6.43. The molecule has 0 radical (unpaired) electrons. The second-order valence-corrected chi connectivity index (χ2v) is 4.69. The molecule has 1 aliphatic carbocycles. The monoisotopic (exact) mass is 248 g/mol. The molecule has 4 heteroatoms. The molecule has 1 amide bonds. The molecular formula is C14H20N2O2. The number of nitrogens with one attached hydrogen (secondary N) is 1. The van der Waals surface area contributed by atoms with Gasteiger partial charge in [-0.25, -0.2) is 0 Å². The first-order chi connectivity index (χ1) is 8.69. The second-order valence-electron chi connectivity index (χ2n) is 4.69. The van der Waals surface area contributed by atoms with E-state index in [9.17, 15) is 4.79 Å². The van der Waals surface area contributed by atoms with Crippen molar-refractivity contribution in [2.24, 2.45) is 5.73 Å². The van der Waals surface area contributed by atoms with Gasteiger partial charge >= 0.3 is 0 Å². The van der Waals surface area contributed by atoms with Crippen molar-refractivity contribution in [2.75, 3.05) is 11.9 Å². The summed E-state index contributed by atoms with van der Waals surface area (Å²) in [6, 6.07) is 8.26. The number of carbonyl (C=O) groups is 1. The van der Waals surface area contributed by atoms with E-state index in [0.29, 0.717) is 12.1 Å². The Kier molecular flexibility index (Phi) is 4.20. The molecule has 1 fully saturated rings. The van der Waals surface area contributed by atoms with Crippen LogP contribution < -0.4 is 11.1 Å². The Balaban J connectivity index is 1.92. The highest BCUT2D eigenvalue weighted by Gasteiger charge is 2.29. The van der Waals surface area contributed by atoms with Crippen molar-refractivity contribution in [3.63, 3.8) is 0 Å². The topological polar surface area (TPSA) is 64.3 Å². The van der Waals surface area contributed by atoms with E-state index < -0.39 is 0 Å². The number of primary amides is 1. The normalized spacial score (nSPS) is 22.3. The molecule has 0 heterocycles. The van der Waals surface area contributed by atoms with Crippen molar-refractivity contribution in [1.82, 2.24) is 0 Å². The van der Waals surface area contributed by atoms with Crippen molar-refractivity contribution in [3.05, 3.63) is 29.8 Å². The number of hydrogen-bond donors (Lipinski definition) is 2. The maximum atomic E-state index is 11.0. The van der Waals surface area contributed by atoms with Crippen molar-refractivity contribution >= 4 is 11.6 Å². The minimum Gasteiger partial charge on any atom is -0.382 e. The van der Waals surface area contributed by atoms with Crippen molar-refractivity contribution in [3.8, 4) is 0 Å². The van der Waals surface area contributed by atoms with Crippen LogP contribution in [0, 0.1) is 0 Å². The van der Waals surface area contributed by atoms with Crippen LogP contribution in [0.4, 0.5) is 5.69 Å². The van der Waals surface area contributed by atoms with Crippen LogP contribution in [0.25, 0.3) is 0 Å². The zero-order valence-electron chi connectivity index (χ0n) is 10.7. The molecule has 0 unspecified atom stereocenters. The van der Waals surface area contributed by atoms with Gasteiger partial charge in [0.25, 0.3) is 0 Å². The van der Waals surface area contributed by atoms with E-state index in [1.807, 2.05) is 31.2 Å². The van der Waals surface area contributed by atoms with E-state index >= 15 is 0 Å². The van der Waals surface area contributed by atoms with E-state index in [4.69, 9.17) is 10.5 Å². The number of anilines is 1. The number of ether oxygens (including phenoxy) is 1. The van der Waals surface area contributed by atoms with Crippen LogP contribution in [0.2, 0.25) is 0 Å². The van der Waals surface area contributed by atoms with E-state index in [1.54, 1.807) is 0 Å². The highest BCUT2D eigenvalue weighted by molar-refractivity contribution is 5.78. The van der Waals surface area contributed by atoms with E-state index in [0.717, 1.165) is 30.7 Å². The lowest BCUT2D eigenvalue weighted by molar-refractivity contribution is -0.117. The van der Waals surface area contributed by atoms with Crippen LogP contribution in [0.3, 0.4) is 0 Å². The molecule has 1 aromatic carbocycles. The fourth-order valence-corrected chi connectivity index (χ4v) is 2.28. The number of benzene rings is 1. The number of nitrogens with two attached hydrogens (primary N) is 1. The summed E-state index contributed by atoms with van der Waals surface area (Å²) in [6.07, 6.45) is 2.72. The van der Waals surface area contributed by atoms with Gasteiger partial charge in [-0.3, -0.25) is 4.79 Å². The first kappa shape index (κ1) is 12.9.